The molecule has 1 atom stereocenters. The second-order valence-corrected chi connectivity index (χ2v) is 6.67. The maximum Gasteiger partial charge on any atom is 0.324 e. The summed E-state index contributed by atoms with van der Waals surface area (Å²) in [7, 11) is 0. The Labute approximate surface area is 162 Å². The van der Waals surface area contributed by atoms with Crippen LogP contribution in [0.15, 0.2) is 72.7 Å². The number of thioether (sulfide) groups is 1. The Balaban J connectivity index is 1.97. The Morgan fingerprint density at radius 1 is 1.22 bits per heavy atom. The normalized spacial score (nSPS) is 11.7. The van der Waals surface area contributed by atoms with E-state index in [0.29, 0.717) is 24.1 Å². The quantitative estimate of drug-likeness (QED) is 0.335. The van der Waals surface area contributed by atoms with E-state index in [0.717, 1.165) is 11.1 Å². The molecule has 138 valence electrons. The molecule has 3 aromatic rings. The van der Waals surface area contributed by atoms with E-state index >= 15 is 0 Å². The Hall–Kier alpha value is -2.93. The molecule has 0 amide bonds. The van der Waals surface area contributed by atoms with Crippen molar-refractivity contribution >= 4 is 17.7 Å². The molecule has 2 heterocycles. The Morgan fingerprint density at radius 2 is 1.96 bits per heavy atom. The molecule has 7 heteroatoms. The van der Waals surface area contributed by atoms with Crippen LogP contribution in [0.2, 0.25) is 0 Å². The molecule has 0 bridgehead atoms. The SMILES string of the molecule is C=CCn1c(S[C@H](C(=O)OCC)c2ccccc2)nnc1-c1ccncc1. The number of esters is 1. The van der Waals surface area contributed by atoms with Gasteiger partial charge in [-0.15, -0.1) is 16.8 Å². The Bertz CT molecular complexity index is 897. The van der Waals surface area contributed by atoms with E-state index < -0.39 is 5.25 Å². The fourth-order valence-corrected chi connectivity index (χ4v) is 3.63. The van der Waals surface area contributed by atoms with Gasteiger partial charge in [0.05, 0.1) is 6.61 Å². The lowest BCUT2D eigenvalue weighted by molar-refractivity contribution is -0.142. The topological polar surface area (TPSA) is 69.9 Å². The number of hydrogen-bond acceptors (Lipinski definition) is 6. The Kier molecular flexibility index (Phi) is 6.38. The third kappa shape index (κ3) is 4.43. The van der Waals surface area contributed by atoms with Gasteiger partial charge in [0.25, 0.3) is 0 Å². The van der Waals surface area contributed by atoms with Gasteiger partial charge in [-0.25, -0.2) is 0 Å². The van der Waals surface area contributed by atoms with Crippen molar-refractivity contribution in [2.24, 2.45) is 0 Å². The van der Waals surface area contributed by atoms with E-state index in [2.05, 4.69) is 21.8 Å². The van der Waals surface area contributed by atoms with Gasteiger partial charge in [0.1, 0.15) is 5.25 Å². The van der Waals surface area contributed by atoms with Crippen molar-refractivity contribution in [3.05, 3.63) is 73.1 Å². The molecule has 6 nitrogen and oxygen atoms in total. The van der Waals surface area contributed by atoms with Crippen LogP contribution < -0.4 is 0 Å². The number of aromatic nitrogens is 4. The highest BCUT2D eigenvalue weighted by molar-refractivity contribution is 8.00. The number of carbonyl (C=O) groups excluding carboxylic acids is 1. The maximum absolute atomic E-state index is 12.6. The predicted molar refractivity (Wildman–Crippen MR) is 105 cm³/mol. The van der Waals surface area contributed by atoms with Crippen LogP contribution in [0.1, 0.15) is 17.7 Å². The zero-order chi connectivity index (χ0) is 19.1. The van der Waals surface area contributed by atoms with Crippen LogP contribution in [0.4, 0.5) is 0 Å². The third-order valence-corrected chi connectivity index (χ3v) is 5.01. The molecule has 0 saturated heterocycles. The first-order valence-corrected chi connectivity index (χ1v) is 9.45. The highest BCUT2D eigenvalue weighted by Gasteiger charge is 2.26. The van der Waals surface area contributed by atoms with Gasteiger partial charge >= 0.3 is 5.97 Å². The third-order valence-electron chi connectivity index (χ3n) is 3.79. The van der Waals surface area contributed by atoms with Crippen molar-refractivity contribution < 1.29 is 9.53 Å². The van der Waals surface area contributed by atoms with Gasteiger partial charge in [-0.1, -0.05) is 48.2 Å². The molecule has 0 fully saturated rings. The molecular weight excluding hydrogens is 360 g/mol. The number of hydrogen-bond donors (Lipinski definition) is 0. The number of carbonyl (C=O) groups is 1. The smallest absolute Gasteiger partial charge is 0.324 e. The molecule has 3 rings (SSSR count). The number of allylic oxidation sites excluding steroid dienone is 1. The number of ether oxygens (including phenoxy) is 1. The lowest BCUT2D eigenvalue weighted by Gasteiger charge is -2.16. The van der Waals surface area contributed by atoms with E-state index in [1.165, 1.54) is 11.8 Å². The molecule has 1 aromatic carbocycles. The van der Waals surface area contributed by atoms with Gasteiger partial charge in [0, 0.05) is 24.5 Å². The molecule has 0 aliphatic carbocycles. The molecule has 27 heavy (non-hydrogen) atoms. The van der Waals surface area contributed by atoms with Crippen LogP contribution in [0, 0.1) is 0 Å². The van der Waals surface area contributed by atoms with Crippen molar-refractivity contribution in [2.45, 2.75) is 23.9 Å². The highest BCUT2D eigenvalue weighted by atomic mass is 32.2. The average molecular weight is 380 g/mol. The first-order chi connectivity index (χ1) is 13.2. The van der Waals surface area contributed by atoms with Gasteiger partial charge in [-0.2, -0.15) is 0 Å². The summed E-state index contributed by atoms with van der Waals surface area (Å²) < 4.78 is 7.21. The van der Waals surface area contributed by atoms with Crippen LogP contribution in [0.25, 0.3) is 11.4 Å². The first-order valence-electron chi connectivity index (χ1n) is 8.57. The molecule has 0 spiro atoms. The van der Waals surface area contributed by atoms with Gasteiger partial charge in [-0.05, 0) is 24.6 Å². The zero-order valence-electron chi connectivity index (χ0n) is 15.0. The highest BCUT2D eigenvalue weighted by Crippen LogP contribution is 2.36. The minimum absolute atomic E-state index is 0.299. The summed E-state index contributed by atoms with van der Waals surface area (Å²) in [5.74, 6) is 0.405. The van der Waals surface area contributed by atoms with Crippen LogP contribution in [-0.4, -0.2) is 32.3 Å². The molecule has 0 saturated carbocycles. The second-order valence-electron chi connectivity index (χ2n) is 5.60. The van der Waals surface area contributed by atoms with Crippen molar-refractivity contribution in [1.82, 2.24) is 19.7 Å². The summed E-state index contributed by atoms with van der Waals surface area (Å²) in [6, 6.07) is 13.3. The largest absolute Gasteiger partial charge is 0.465 e. The summed E-state index contributed by atoms with van der Waals surface area (Å²) in [6.45, 7) is 6.47. The van der Waals surface area contributed by atoms with Crippen LogP contribution >= 0.6 is 11.8 Å². The number of pyridine rings is 1. The van der Waals surface area contributed by atoms with Crippen molar-refractivity contribution in [2.75, 3.05) is 6.61 Å². The molecule has 0 N–H and O–H groups in total. The molecule has 0 aliphatic rings. The summed E-state index contributed by atoms with van der Waals surface area (Å²) >= 11 is 1.32. The zero-order valence-corrected chi connectivity index (χ0v) is 15.8. The molecule has 2 aromatic heterocycles. The fraction of sp³-hybridized carbons (Fsp3) is 0.200. The van der Waals surface area contributed by atoms with Crippen LogP contribution in [0.3, 0.4) is 0 Å². The van der Waals surface area contributed by atoms with Gasteiger partial charge in [-0.3, -0.25) is 14.3 Å². The lowest BCUT2D eigenvalue weighted by atomic mass is 10.1. The Morgan fingerprint density at radius 3 is 2.63 bits per heavy atom. The predicted octanol–water partition coefficient (Wildman–Crippen LogP) is 3.92. The van der Waals surface area contributed by atoms with E-state index in [4.69, 9.17) is 4.74 Å². The summed E-state index contributed by atoms with van der Waals surface area (Å²) in [5, 5.41) is 8.74. The molecule has 0 aliphatic heterocycles. The molecular formula is C20H20N4O2S. The minimum atomic E-state index is -0.524. The van der Waals surface area contributed by atoms with Crippen LogP contribution in [-0.2, 0) is 16.1 Å². The monoisotopic (exact) mass is 380 g/mol. The van der Waals surface area contributed by atoms with E-state index in [-0.39, 0.29) is 5.97 Å². The minimum Gasteiger partial charge on any atom is -0.465 e. The summed E-state index contributed by atoms with van der Waals surface area (Å²) in [6.07, 6.45) is 5.20. The maximum atomic E-state index is 12.6. The number of rotatable bonds is 8. The lowest BCUT2D eigenvalue weighted by Crippen LogP contribution is -2.14. The van der Waals surface area contributed by atoms with Crippen LogP contribution in [0.5, 0.6) is 0 Å². The standard InChI is InChI=1S/C20H20N4O2S/c1-3-14-24-18(16-10-12-21-13-11-16)22-23-20(24)27-17(19(25)26-4-2)15-8-6-5-7-9-15/h3,5-13,17H,1,4,14H2,2H3/t17-/m0/s1. The van der Waals surface area contributed by atoms with Gasteiger partial charge in [0.2, 0.25) is 0 Å². The number of nitrogens with zero attached hydrogens (tertiary/aromatic N) is 4. The molecule has 0 unspecified atom stereocenters. The molecule has 0 radical (unpaired) electrons. The van der Waals surface area contributed by atoms with E-state index in [9.17, 15) is 4.79 Å². The fourth-order valence-electron chi connectivity index (χ4n) is 2.59. The van der Waals surface area contributed by atoms with E-state index in [1.807, 2.05) is 47.0 Å². The van der Waals surface area contributed by atoms with Crippen molar-refractivity contribution in [3.63, 3.8) is 0 Å². The van der Waals surface area contributed by atoms with Crippen molar-refractivity contribution in [1.29, 1.82) is 0 Å². The van der Waals surface area contributed by atoms with Gasteiger partial charge < -0.3 is 4.74 Å². The first kappa shape index (κ1) is 18.8. The number of benzene rings is 1. The second kappa shape index (κ2) is 9.14. The summed E-state index contributed by atoms with van der Waals surface area (Å²) in [4.78, 5) is 16.6. The average Bonchev–Trinajstić information content (AvgIpc) is 3.10. The summed E-state index contributed by atoms with van der Waals surface area (Å²) in [5.41, 5.74) is 1.76. The van der Waals surface area contributed by atoms with Gasteiger partial charge in [0.15, 0.2) is 11.0 Å². The van der Waals surface area contributed by atoms with Crippen molar-refractivity contribution in [3.8, 4) is 11.4 Å². The van der Waals surface area contributed by atoms with E-state index in [1.54, 1.807) is 25.4 Å².